The molecule has 0 amide bonds. The number of hydrogen-bond acceptors (Lipinski definition) is 4. The van der Waals surface area contributed by atoms with Gasteiger partial charge in [-0.25, -0.2) is 9.50 Å². The van der Waals surface area contributed by atoms with Gasteiger partial charge in [-0.1, -0.05) is 20.3 Å². The van der Waals surface area contributed by atoms with Crippen LogP contribution in [0.4, 0.5) is 5.82 Å². The van der Waals surface area contributed by atoms with E-state index in [0.29, 0.717) is 17.8 Å². The molecular formula is C16H25N5. The first-order valence-corrected chi connectivity index (χ1v) is 7.97. The minimum Gasteiger partial charge on any atom is -0.368 e. The maximum absolute atomic E-state index is 5.86. The Labute approximate surface area is 125 Å². The number of nitrogens with one attached hydrogen (secondary N) is 1. The molecule has 5 nitrogen and oxygen atoms in total. The molecule has 1 aliphatic rings. The third-order valence-electron chi connectivity index (χ3n) is 4.65. The Morgan fingerprint density at radius 3 is 2.95 bits per heavy atom. The predicted molar refractivity (Wildman–Crippen MR) is 85.5 cm³/mol. The van der Waals surface area contributed by atoms with Crippen molar-refractivity contribution in [1.29, 1.82) is 0 Å². The van der Waals surface area contributed by atoms with Crippen LogP contribution in [-0.4, -0.2) is 27.7 Å². The number of fused-ring (bicyclic) bond motifs is 1. The second kappa shape index (κ2) is 6.02. The molecule has 0 aromatic carbocycles. The van der Waals surface area contributed by atoms with E-state index in [1.165, 1.54) is 19.3 Å². The lowest BCUT2D eigenvalue weighted by molar-refractivity contribution is 0.414. The van der Waals surface area contributed by atoms with E-state index >= 15 is 0 Å². The van der Waals surface area contributed by atoms with Crippen molar-refractivity contribution in [2.75, 3.05) is 18.4 Å². The predicted octanol–water partition coefficient (Wildman–Crippen LogP) is 2.64. The van der Waals surface area contributed by atoms with E-state index in [1.807, 2.05) is 16.9 Å². The summed E-state index contributed by atoms with van der Waals surface area (Å²) < 4.78 is 1.92. The van der Waals surface area contributed by atoms with E-state index < -0.39 is 0 Å². The molecule has 0 saturated heterocycles. The lowest BCUT2D eigenvalue weighted by Crippen LogP contribution is -2.24. The van der Waals surface area contributed by atoms with Gasteiger partial charge in [-0.3, -0.25) is 0 Å². The Balaban J connectivity index is 1.77. The molecule has 1 saturated carbocycles. The fourth-order valence-corrected chi connectivity index (χ4v) is 3.28. The van der Waals surface area contributed by atoms with E-state index in [2.05, 4.69) is 35.3 Å². The zero-order valence-corrected chi connectivity index (χ0v) is 12.9. The molecule has 0 radical (unpaired) electrons. The van der Waals surface area contributed by atoms with E-state index in [1.54, 1.807) is 0 Å². The van der Waals surface area contributed by atoms with Crippen LogP contribution in [0.3, 0.4) is 0 Å². The van der Waals surface area contributed by atoms with Gasteiger partial charge in [0.1, 0.15) is 5.52 Å². The van der Waals surface area contributed by atoms with Crippen LogP contribution in [0.2, 0.25) is 0 Å². The largest absolute Gasteiger partial charge is 0.368 e. The Bertz CT molecular complexity index is 604. The Kier molecular flexibility index (Phi) is 4.10. The lowest BCUT2D eigenvalue weighted by Gasteiger charge is -2.18. The highest BCUT2D eigenvalue weighted by atomic mass is 15.2. The Hall–Kier alpha value is -1.62. The zero-order valence-electron chi connectivity index (χ0n) is 12.9. The average molecular weight is 287 g/mol. The van der Waals surface area contributed by atoms with Gasteiger partial charge in [0, 0.05) is 18.9 Å². The number of anilines is 1. The Morgan fingerprint density at radius 2 is 2.19 bits per heavy atom. The molecule has 3 rings (SSSR count). The fourth-order valence-electron chi connectivity index (χ4n) is 3.28. The monoisotopic (exact) mass is 287 g/mol. The van der Waals surface area contributed by atoms with Gasteiger partial charge in [-0.05, 0) is 43.2 Å². The standard InChI is InChI=1S/C16H25N5/c1-11(2)14-8-15-16(18-6-7-21(15)20-14)19-10-13-5-3-4-12(13)9-17/h6-8,11-13H,3-5,9-10,17H2,1-2H3,(H,18,19). The summed E-state index contributed by atoms with van der Waals surface area (Å²) in [6, 6.07) is 2.13. The number of hydrogen-bond donors (Lipinski definition) is 2. The van der Waals surface area contributed by atoms with Gasteiger partial charge in [0.25, 0.3) is 0 Å². The molecule has 2 heterocycles. The lowest BCUT2D eigenvalue weighted by atomic mass is 9.96. The van der Waals surface area contributed by atoms with Gasteiger partial charge < -0.3 is 11.1 Å². The van der Waals surface area contributed by atoms with Crippen molar-refractivity contribution in [2.45, 2.75) is 39.0 Å². The van der Waals surface area contributed by atoms with Crippen molar-refractivity contribution < 1.29 is 0 Å². The van der Waals surface area contributed by atoms with Crippen LogP contribution in [0.5, 0.6) is 0 Å². The molecule has 21 heavy (non-hydrogen) atoms. The van der Waals surface area contributed by atoms with Gasteiger partial charge in [-0.2, -0.15) is 5.10 Å². The second-order valence-electron chi connectivity index (χ2n) is 6.40. The third-order valence-corrected chi connectivity index (χ3v) is 4.65. The molecular weight excluding hydrogens is 262 g/mol. The van der Waals surface area contributed by atoms with Crippen LogP contribution in [0.1, 0.15) is 44.7 Å². The number of rotatable bonds is 5. The second-order valence-corrected chi connectivity index (χ2v) is 6.40. The topological polar surface area (TPSA) is 68.2 Å². The Morgan fingerprint density at radius 1 is 1.38 bits per heavy atom. The summed E-state index contributed by atoms with van der Waals surface area (Å²) in [4.78, 5) is 4.49. The summed E-state index contributed by atoms with van der Waals surface area (Å²) in [6.45, 7) is 6.07. The summed E-state index contributed by atoms with van der Waals surface area (Å²) in [5.41, 5.74) is 8.03. The molecule has 2 unspecified atom stereocenters. The van der Waals surface area contributed by atoms with Crippen molar-refractivity contribution in [3.05, 3.63) is 24.2 Å². The molecule has 0 bridgehead atoms. The molecule has 0 aliphatic heterocycles. The highest BCUT2D eigenvalue weighted by Gasteiger charge is 2.26. The highest BCUT2D eigenvalue weighted by Crippen LogP contribution is 2.31. The van der Waals surface area contributed by atoms with E-state index in [4.69, 9.17) is 5.73 Å². The maximum Gasteiger partial charge on any atom is 0.152 e. The van der Waals surface area contributed by atoms with Crippen LogP contribution < -0.4 is 11.1 Å². The molecule has 0 spiro atoms. The molecule has 5 heteroatoms. The maximum atomic E-state index is 5.86. The summed E-state index contributed by atoms with van der Waals surface area (Å²) in [7, 11) is 0. The van der Waals surface area contributed by atoms with Crippen LogP contribution in [-0.2, 0) is 0 Å². The van der Waals surface area contributed by atoms with Crippen LogP contribution in [0.15, 0.2) is 18.5 Å². The first kappa shape index (κ1) is 14.3. The zero-order chi connectivity index (χ0) is 14.8. The highest BCUT2D eigenvalue weighted by molar-refractivity contribution is 5.67. The van der Waals surface area contributed by atoms with Gasteiger partial charge >= 0.3 is 0 Å². The van der Waals surface area contributed by atoms with Crippen molar-refractivity contribution in [3.8, 4) is 0 Å². The minimum absolute atomic E-state index is 0.425. The van der Waals surface area contributed by atoms with Crippen molar-refractivity contribution in [3.63, 3.8) is 0 Å². The molecule has 3 N–H and O–H groups in total. The fraction of sp³-hybridized carbons (Fsp3) is 0.625. The van der Waals surface area contributed by atoms with Crippen molar-refractivity contribution in [1.82, 2.24) is 14.6 Å². The summed E-state index contributed by atoms with van der Waals surface area (Å²) in [5.74, 6) is 2.69. The normalized spacial score (nSPS) is 22.3. The van der Waals surface area contributed by atoms with Crippen molar-refractivity contribution in [2.24, 2.45) is 17.6 Å². The van der Waals surface area contributed by atoms with Gasteiger partial charge in [0.15, 0.2) is 5.82 Å². The van der Waals surface area contributed by atoms with E-state index in [9.17, 15) is 0 Å². The van der Waals surface area contributed by atoms with Crippen LogP contribution in [0.25, 0.3) is 5.52 Å². The van der Waals surface area contributed by atoms with Crippen molar-refractivity contribution >= 4 is 11.3 Å². The van der Waals surface area contributed by atoms with Gasteiger partial charge in [0.05, 0.1) is 5.69 Å². The first-order chi connectivity index (χ1) is 10.2. The van der Waals surface area contributed by atoms with Crippen LogP contribution >= 0.6 is 0 Å². The molecule has 2 aromatic heterocycles. The number of nitrogens with two attached hydrogens (primary N) is 1. The molecule has 114 valence electrons. The third kappa shape index (κ3) is 2.88. The van der Waals surface area contributed by atoms with E-state index in [0.717, 1.165) is 30.1 Å². The summed E-state index contributed by atoms with van der Waals surface area (Å²) in [6.07, 6.45) is 7.56. The van der Waals surface area contributed by atoms with E-state index in [-0.39, 0.29) is 0 Å². The molecule has 1 aliphatic carbocycles. The quantitative estimate of drug-likeness (QED) is 0.887. The first-order valence-electron chi connectivity index (χ1n) is 7.97. The summed E-state index contributed by atoms with van der Waals surface area (Å²) >= 11 is 0. The average Bonchev–Trinajstić information content (AvgIpc) is 3.11. The van der Waals surface area contributed by atoms with Crippen LogP contribution in [0, 0.1) is 11.8 Å². The molecule has 1 fully saturated rings. The number of nitrogens with zero attached hydrogens (tertiary/aromatic N) is 3. The number of aromatic nitrogens is 3. The minimum atomic E-state index is 0.425. The summed E-state index contributed by atoms with van der Waals surface area (Å²) in [5, 5.41) is 8.12. The molecule has 2 atom stereocenters. The van der Waals surface area contributed by atoms with Gasteiger partial charge in [-0.15, -0.1) is 0 Å². The molecule has 2 aromatic rings. The van der Waals surface area contributed by atoms with Gasteiger partial charge in [0.2, 0.25) is 0 Å². The smallest absolute Gasteiger partial charge is 0.152 e. The SMILES string of the molecule is CC(C)c1cc2c(NCC3CCCC3CN)nccn2n1.